The van der Waals surface area contributed by atoms with Crippen molar-refractivity contribution in [3.8, 4) is 0 Å². The molecule has 10 nitrogen and oxygen atoms in total. The second-order valence-electron chi connectivity index (χ2n) is 10.5. The number of hydrogen-bond donors (Lipinski definition) is 3. The van der Waals surface area contributed by atoms with Crippen LogP contribution in [0.4, 0.5) is 0 Å². The maximum absolute atomic E-state index is 13.5. The Kier molecular flexibility index (Phi) is 10.6. The van der Waals surface area contributed by atoms with Gasteiger partial charge in [-0.3, -0.25) is 19.2 Å². The molecule has 0 spiro atoms. The van der Waals surface area contributed by atoms with Gasteiger partial charge in [-0.25, -0.2) is 4.98 Å². The van der Waals surface area contributed by atoms with Crippen molar-refractivity contribution in [2.75, 3.05) is 20.3 Å². The summed E-state index contributed by atoms with van der Waals surface area (Å²) in [6, 6.07) is 16.0. The molecule has 0 aliphatic carbocycles. The monoisotopic (exact) mass is 592 g/mol. The fourth-order valence-electron chi connectivity index (χ4n) is 4.48. The summed E-state index contributed by atoms with van der Waals surface area (Å²) in [5.74, 6) is -1.84. The summed E-state index contributed by atoms with van der Waals surface area (Å²) in [6.07, 6.45) is 2.67. The van der Waals surface area contributed by atoms with Crippen LogP contribution in [-0.4, -0.2) is 72.5 Å². The van der Waals surface area contributed by atoms with E-state index in [9.17, 15) is 19.2 Å². The van der Waals surface area contributed by atoms with Gasteiger partial charge in [0.25, 0.3) is 5.91 Å². The van der Waals surface area contributed by atoms with E-state index in [2.05, 4.69) is 20.9 Å². The maximum Gasteiger partial charge on any atom is 0.280 e. The zero-order valence-corrected chi connectivity index (χ0v) is 24.7. The molecular weight excluding hydrogens is 556 g/mol. The van der Waals surface area contributed by atoms with Crippen LogP contribution < -0.4 is 16.0 Å². The number of amides is 3. The van der Waals surface area contributed by atoms with E-state index in [0.29, 0.717) is 6.42 Å². The zero-order chi connectivity index (χ0) is 30.1. The lowest BCUT2D eigenvalue weighted by molar-refractivity contribution is -0.134. The minimum absolute atomic E-state index is 0.136. The molecular formula is C31H36N4O6S. The standard InChI is InChI=1S/C31H36N4O6S/c1-20-17-32-30(42-20)29(39)33-23(15-14-21-10-6-4-7-11-21)27(37)35-25(18-40-3)28(38)34-24(26(36)31(2)19-41-31)16-22-12-8-5-9-13-22/h4-13,17,23-25H,14-16,18-19H2,1-3H3,(H,33,39)(H,34,38)(H,35,37)/t23-,24?,25-,31+/m0/s1. The van der Waals surface area contributed by atoms with Crippen LogP contribution in [0.3, 0.4) is 0 Å². The molecule has 3 N–H and O–H groups in total. The van der Waals surface area contributed by atoms with Crippen molar-refractivity contribution in [3.63, 3.8) is 0 Å². The SMILES string of the molecule is COC[C@H](NC(=O)[C@H](CCc1ccccc1)NC(=O)c1ncc(C)s1)C(=O)NC(Cc1ccccc1)C(=O)[C@@]1(C)CO1. The number of nitrogens with zero attached hydrogens (tertiary/aromatic N) is 1. The molecule has 3 amide bonds. The zero-order valence-electron chi connectivity index (χ0n) is 23.9. The van der Waals surface area contributed by atoms with Crippen LogP contribution in [0, 0.1) is 6.92 Å². The molecule has 42 heavy (non-hydrogen) atoms. The number of thiazole rings is 1. The largest absolute Gasteiger partial charge is 0.382 e. The van der Waals surface area contributed by atoms with Gasteiger partial charge in [0.15, 0.2) is 10.8 Å². The Labute approximate surface area is 249 Å². The second kappa shape index (κ2) is 14.3. The fraction of sp³-hybridized carbons (Fsp3) is 0.387. The van der Waals surface area contributed by atoms with Crippen LogP contribution in [-0.2, 0) is 36.7 Å². The van der Waals surface area contributed by atoms with Crippen LogP contribution >= 0.6 is 11.3 Å². The summed E-state index contributed by atoms with van der Waals surface area (Å²) < 4.78 is 10.6. The number of carbonyl (C=O) groups is 4. The lowest BCUT2D eigenvalue weighted by Gasteiger charge is -2.25. The van der Waals surface area contributed by atoms with Gasteiger partial charge in [0.2, 0.25) is 11.8 Å². The van der Waals surface area contributed by atoms with Crippen molar-refractivity contribution >= 4 is 34.8 Å². The molecule has 3 aromatic rings. The maximum atomic E-state index is 13.5. The second-order valence-corrected chi connectivity index (χ2v) is 11.7. The molecule has 1 aliphatic rings. The summed E-state index contributed by atoms with van der Waals surface area (Å²) in [5, 5.41) is 8.56. The van der Waals surface area contributed by atoms with E-state index in [1.54, 1.807) is 13.1 Å². The minimum atomic E-state index is -1.11. The molecule has 0 bridgehead atoms. The van der Waals surface area contributed by atoms with Crippen LogP contribution in [0.1, 0.15) is 39.2 Å². The third-order valence-corrected chi connectivity index (χ3v) is 7.89. The van der Waals surface area contributed by atoms with Gasteiger partial charge in [-0.2, -0.15) is 0 Å². The molecule has 0 radical (unpaired) electrons. The molecule has 4 rings (SSSR count). The van der Waals surface area contributed by atoms with E-state index in [4.69, 9.17) is 9.47 Å². The number of Topliss-reactive ketones (excluding diaryl/α,β-unsaturated/α-hetero) is 1. The number of ether oxygens (including phenoxy) is 2. The van der Waals surface area contributed by atoms with E-state index >= 15 is 0 Å². The summed E-state index contributed by atoms with van der Waals surface area (Å²) in [6.45, 7) is 3.68. The molecule has 2 heterocycles. The minimum Gasteiger partial charge on any atom is -0.382 e. The molecule has 2 aromatic carbocycles. The quantitative estimate of drug-likeness (QED) is 0.230. The molecule has 11 heteroatoms. The highest BCUT2D eigenvalue weighted by Gasteiger charge is 2.50. The fourth-order valence-corrected chi connectivity index (χ4v) is 5.14. The number of methoxy groups -OCH3 is 1. The molecule has 0 saturated carbocycles. The number of epoxide rings is 1. The van der Waals surface area contributed by atoms with Crippen molar-refractivity contribution in [2.45, 2.75) is 56.8 Å². The highest BCUT2D eigenvalue weighted by Crippen LogP contribution is 2.29. The van der Waals surface area contributed by atoms with Crippen molar-refractivity contribution in [2.24, 2.45) is 0 Å². The van der Waals surface area contributed by atoms with Gasteiger partial charge in [0.1, 0.15) is 17.7 Å². The summed E-state index contributed by atoms with van der Waals surface area (Å²) in [4.78, 5) is 58.2. The van der Waals surface area contributed by atoms with E-state index in [1.165, 1.54) is 18.4 Å². The Balaban J connectivity index is 1.48. The van der Waals surface area contributed by atoms with Crippen molar-refractivity contribution in [1.82, 2.24) is 20.9 Å². The normalized spacial score (nSPS) is 17.9. The molecule has 1 aromatic heterocycles. The molecule has 1 unspecified atom stereocenters. The number of carbonyl (C=O) groups excluding carboxylic acids is 4. The van der Waals surface area contributed by atoms with Gasteiger partial charge in [0.05, 0.1) is 19.3 Å². The first kappa shape index (κ1) is 31.0. The average molecular weight is 593 g/mol. The van der Waals surface area contributed by atoms with Crippen molar-refractivity contribution in [3.05, 3.63) is 87.9 Å². The first-order valence-corrected chi connectivity index (χ1v) is 14.6. The predicted octanol–water partition coefficient (Wildman–Crippen LogP) is 2.40. The topological polar surface area (TPSA) is 139 Å². The highest BCUT2D eigenvalue weighted by molar-refractivity contribution is 7.13. The van der Waals surface area contributed by atoms with E-state index in [0.717, 1.165) is 16.0 Å². The number of benzene rings is 2. The van der Waals surface area contributed by atoms with Crippen molar-refractivity contribution in [1.29, 1.82) is 0 Å². The van der Waals surface area contributed by atoms with Gasteiger partial charge in [-0.15, -0.1) is 11.3 Å². The number of aryl methyl sites for hydroxylation is 2. The van der Waals surface area contributed by atoms with Crippen LogP contribution in [0.2, 0.25) is 0 Å². The van der Waals surface area contributed by atoms with Crippen LogP contribution in [0.25, 0.3) is 0 Å². The smallest absolute Gasteiger partial charge is 0.280 e. The Morgan fingerprint density at radius 1 is 0.929 bits per heavy atom. The number of rotatable bonds is 15. The highest BCUT2D eigenvalue weighted by atomic mass is 32.1. The molecule has 1 fully saturated rings. The van der Waals surface area contributed by atoms with E-state index in [-0.39, 0.29) is 36.8 Å². The number of ketones is 1. The van der Waals surface area contributed by atoms with E-state index < -0.39 is 41.4 Å². The van der Waals surface area contributed by atoms with E-state index in [1.807, 2.05) is 67.6 Å². The van der Waals surface area contributed by atoms with Crippen LogP contribution in [0.5, 0.6) is 0 Å². The molecule has 1 saturated heterocycles. The Morgan fingerprint density at radius 3 is 2.10 bits per heavy atom. The number of nitrogens with one attached hydrogen (secondary N) is 3. The summed E-state index contributed by atoms with van der Waals surface area (Å²) >= 11 is 1.23. The first-order valence-electron chi connectivity index (χ1n) is 13.8. The average Bonchev–Trinajstić information content (AvgIpc) is 3.60. The van der Waals surface area contributed by atoms with Crippen LogP contribution in [0.15, 0.2) is 66.9 Å². The van der Waals surface area contributed by atoms with Gasteiger partial charge >= 0.3 is 0 Å². The molecule has 222 valence electrons. The lowest BCUT2D eigenvalue weighted by Crippen LogP contribution is -2.58. The predicted molar refractivity (Wildman–Crippen MR) is 158 cm³/mol. The van der Waals surface area contributed by atoms with Gasteiger partial charge in [0, 0.05) is 18.2 Å². The van der Waals surface area contributed by atoms with Gasteiger partial charge < -0.3 is 25.4 Å². The van der Waals surface area contributed by atoms with Gasteiger partial charge in [-0.1, -0.05) is 60.7 Å². The molecule has 1 aliphatic heterocycles. The summed E-state index contributed by atoms with van der Waals surface area (Å²) in [5.41, 5.74) is 0.918. The first-order chi connectivity index (χ1) is 20.2. The summed E-state index contributed by atoms with van der Waals surface area (Å²) in [7, 11) is 1.41. The number of hydrogen-bond acceptors (Lipinski definition) is 8. The lowest BCUT2D eigenvalue weighted by atomic mass is 9.94. The Morgan fingerprint density at radius 2 is 1.52 bits per heavy atom. The molecule has 4 atom stereocenters. The Bertz CT molecular complexity index is 1380. The third kappa shape index (κ3) is 8.54. The Hall–Kier alpha value is -3.93. The van der Waals surface area contributed by atoms with Gasteiger partial charge in [-0.05, 0) is 44.2 Å². The number of aromatic nitrogens is 1. The third-order valence-electron chi connectivity index (χ3n) is 6.98. The van der Waals surface area contributed by atoms with Crippen molar-refractivity contribution < 1.29 is 28.7 Å².